The number of amides is 1. The largest absolute Gasteiger partial charge is 0.377 e. The van der Waals surface area contributed by atoms with Gasteiger partial charge in [0.1, 0.15) is 0 Å². The van der Waals surface area contributed by atoms with Gasteiger partial charge >= 0.3 is 0 Å². The Morgan fingerprint density at radius 2 is 1.93 bits per heavy atom. The third-order valence-corrected chi connectivity index (χ3v) is 7.61. The molecule has 1 saturated carbocycles. The molecule has 0 radical (unpaired) electrons. The molecule has 154 valence electrons. The van der Waals surface area contributed by atoms with Crippen LogP contribution in [0.15, 0.2) is 58.3 Å². The van der Waals surface area contributed by atoms with Gasteiger partial charge in [0, 0.05) is 29.0 Å². The van der Waals surface area contributed by atoms with Crippen LogP contribution in [-0.4, -0.2) is 38.8 Å². The molecule has 1 aliphatic heterocycles. The average Bonchev–Trinajstić information content (AvgIpc) is 3.36. The molecule has 2 aromatic rings. The summed E-state index contributed by atoms with van der Waals surface area (Å²) in [7, 11) is -3.57. The summed E-state index contributed by atoms with van der Waals surface area (Å²) in [5.41, 5.74) is 1.02. The van der Waals surface area contributed by atoms with E-state index in [0.29, 0.717) is 11.3 Å². The molecule has 4 rings (SSSR count). The first-order valence-corrected chi connectivity index (χ1v) is 12.3. The number of hydrogen-bond donors (Lipinski definition) is 2. The fourth-order valence-electron chi connectivity index (χ4n) is 3.17. The standard InChI is InChI=1S/C21H24N2O4S2/c24-21(19-8-1-2-9-20(19)28-14-17-6-4-12-27-17)22-16-5-3-7-18(13-16)29(25,26)23-15-10-11-15/h1-3,5,7-9,13,15,17,23H,4,6,10-12,14H2,(H,22,24). The molecule has 2 aromatic carbocycles. The van der Waals surface area contributed by atoms with Crippen LogP contribution in [-0.2, 0) is 14.8 Å². The van der Waals surface area contributed by atoms with Crippen molar-refractivity contribution in [1.29, 1.82) is 0 Å². The lowest BCUT2D eigenvalue weighted by Crippen LogP contribution is -2.25. The maximum absolute atomic E-state index is 12.9. The van der Waals surface area contributed by atoms with Crippen molar-refractivity contribution in [2.24, 2.45) is 0 Å². The molecule has 8 heteroatoms. The minimum atomic E-state index is -3.57. The Morgan fingerprint density at radius 1 is 1.10 bits per heavy atom. The van der Waals surface area contributed by atoms with Crippen LogP contribution in [0, 0.1) is 0 Å². The maximum atomic E-state index is 12.9. The fraction of sp³-hybridized carbons (Fsp3) is 0.381. The molecule has 1 aliphatic carbocycles. The highest BCUT2D eigenvalue weighted by molar-refractivity contribution is 7.99. The zero-order chi connectivity index (χ0) is 20.3. The number of rotatable bonds is 8. The molecule has 6 nitrogen and oxygen atoms in total. The van der Waals surface area contributed by atoms with Gasteiger partial charge in [-0.05, 0) is 56.0 Å². The zero-order valence-corrected chi connectivity index (χ0v) is 17.6. The van der Waals surface area contributed by atoms with E-state index in [1.165, 1.54) is 12.1 Å². The first-order chi connectivity index (χ1) is 14.0. The molecule has 1 saturated heterocycles. The number of carbonyl (C=O) groups is 1. The first-order valence-electron chi connectivity index (χ1n) is 9.78. The van der Waals surface area contributed by atoms with Crippen molar-refractivity contribution in [3.63, 3.8) is 0 Å². The zero-order valence-electron chi connectivity index (χ0n) is 16.0. The van der Waals surface area contributed by atoms with E-state index in [9.17, 15) is 13.2 Å². The summed E-state index contributed by atoms with van der Waals surface area (Å²) in [4.78, 5) is 13.9. The fourth-order valence-corrected chi connectivity index (χ4v) is 5.64. The Kier molecular flexibility index (Phi) is 6.24. The number of carbonyl (C=O) groups excluding carboxylic acids is 1. The van der Waals surface area contributed by atoms with E-state index in [-0.39, 0.29) is 22.9 Å². The Balaban J connectivity index is 1.46. The summed E-state index contributed by atoms with van der Waals surface area (Å²) in [5.74, 6) is 0.551. The first kappa shape index (κ1) is 20.4. The molecule has 1 unspecified atom stereocenters. The predicted octanol–water partition coefficient (Wildman–Crippen LogP) is 3.65. The van der Waals surface area contributed by atoms with Crippen molar-refractivity contribution in [3.05, 3.63) is 54.1 Å². The second kappa shape index (κ2) is 8.87. The van der Waals surface area contributed by atoms with Crippen molar-refractivity contribution in [1.82, 2.24) is 4.72 Å². The molecule has 1 amide bonds. The number of ether oxygens (including phenoxy) is 1. The molecule has 0 aromatic heterocycles. The molecule has 29 heavy (non-hydrogen) atoms. The van der Waals surface area contributed by atoms with Gasteiger partial charge in [0.2, 0.25) is 10.0 Å². The summed E-state index contributed by atoms with van der Waals surface area (Å²) in [6.07, 6.45) is 4.11. The van der Waals surface area contributed by atoms with E-state index in [1.54, 1.807) is 30.0 Å². The van der Waals surface area contributed by atoms with E-state index in [4.69, 9.17) is 4.74 Å². The molecular formula is C21H24N2O4S2. The molecule has 2 N–H and O–H groups in total. The van der Waals surface area contributed by atoms with Gasteiger partial charge in [-0.15, -0.1) is 11.8 Å². The van der Waals surface area contributed by atoms with Gasteiger partial charge in [-0.3, -0.25) is 4.79 Å². The van der Waals surface area contributed by atoms with E-state index < -0.39 is 10.0 Å². The van der Waals surface area contributed by atoms with Crippen LogP contribution in [0.25, 0.3) is 0 Å². The van der Waals surface area contributed by atoms with E-state index in [1.807, 2.05) is 18.2 Å². The molecule has 0 spiro atoms. The number of anilines is 1. The number of sulfonamides is 1. The summed E-state index contributed by atoms with van der Waals surface area (Å²) in [6, 6.07) is 13.8. The van der Waals surface area contributed by atoms with Gasteiger partial charge in [0.25, 0.3) is 5.91 Å². The maximum Gasteiger partial charge on any atom is 0.256 e. The molecule has 2 aliphatic rings. The van der Waals surface area contributed by atoms with Gasteiger partial charge in [-0.2, -0.15) is 0 Å². The third kappa shape index (κ3) is 5.39. The van der Waals surface area contributed by atoms with Crippen LogP contribution >= 0.6 is 11.8 Å². The van der Waals surface area contributed by atoms with Crippen LogP contribution in [0.2, 0.25) is 0 Å². The quantitative estimate of drug-likeness (QED) is 0.622. The Labute approximate surface area is 175 Å². The minimum absolute atomic E-state index is 0.0333. The summed E-state index contributed by atoms with van der Waals surface area (Å²) in [5, 5.41) is 2.83. The van der Waals surface area contributed by atoms with E-state index >= 15 is 0 Å². The van der Waals surface area contributed by atoms with Crippen molar-refractivity contribution in [2.45, 2.75) is 47.6 Å². The Hall–Kier alpha value is -1.87. The van der Waals surface area contributed by atoms with Crippen molar-refractivity contribution >= 4 is 33.4 Å². The normalized spacial score (nSPS) is 19.2. The van der Waals surface area contributed by atoms with Crippen molar-refractivity contribution < 1.29 is 17.9 Å². The van der Waals surface area contributed by atoms with Crippen LogP contribution in [0.3, 0.4) is 0 Å². The number of nitrogens with one attached hydrogen (secondary N) is 2. The highest BCUT2D eigenvalue weighted by Crippen LogP contribution is 2.28. The summed E-state index contributed by atoms with van der Waals surface area (Å²) < 4.78 is 33.2. The van der Waals surface area contributed by atoms with Crippen LogP contribution in [0.1, 0.15) is 36.0 Å². The molecule has 2 fully saturated rings. The Bertz CT molecular complexity index is 984. The SMILES string of the molecule is O=C(Nc1cccc(S(=O)(=O)NC2CC2)c1)c1ccccc1SCC1CCCO1. The van der Waals surface area contributed by atoms with Crippen molar-refractivity contribution in [3.8, 4) is 0 Å². The molecule has 1 atom stereocenters. The van der Waals surface area contributed by atoms with E-state index in [0.717, 1.165) is 42.9 Å². The lowest BCUT2D eigenvalue weighted by Gasteiger charge is -2.13. The average molecular weight is 433 g/mol. The minimum Gasteiger partial charge on any atom is -0.377 e. The topological polar surface area (TPSA) is 84.5 Å². The predicted molar refractivity (Wildman–Crippen MR) is 114 cm³/mol. The summed E-state index contributed by atoms with van der Waals surface area (Å²) in [6.45, 7) is 0.808. The van der Waals surface area contributed by atoms with Gasteiger partial charge < -0.3 is 10.1 Å². The van der Waals surface area contributed by atoms with Gasteiger partial charge in [0.05, 0.1) is 16.6 Å². The van der Waals surface area contributed by atoms with Crippen molar-refractivity contribution in [2.75, 3.05) is 17.7 Å². The van der Waals surface area contributed by atoms with Gasteiger partial charge in [-0.25, -0.2) is 13.1 Å². The van der Waals surface area contributed by atoms with Crippen LogP contribution in [0.4, 0.5) is 5.69 Å². The number of hydrogen-bond acceptors (Lipinski definition) is 5. The second-order valence-corrected chi connectivity index (χ2v) is 10.1. The molecular weight excluding hydrogens is 408 g/mol. The van der Waals surface area contributed by atoms with Gasteiger partial charge in [-0.1, -0.05) is 18.2 Å². The molecule has 1 heterocycles. The Morgan fingerprint density at radius 3 is 2.69 bits per heavy atom. The van der Waals surface area contributed by atoms with Gasteiger partial charge in [0.15, 0.2) is 0 Å². The second-order valence-electron chi connectivity index (χ2n) is 7.32. The highest BCUT2D eigenvalue weighted by Gasteiger charge is 2.28. The smallest absolute Gasteiger partial charge is 0.256 e. The van der Waals surface area contributed by atoms with E-state index in [2.05, 4.69) is 10.0 Å². The summed E-state index contributed by atoms with van der Waals surface area (Å²) >= 11 is 1.61. The third-order valence-electron chi connectivity index (χ3n) is 4.88. The lowest BCUT2D eigenvalue weighted by molar-refractivity contribution is 0.102. The lowest BCUT2D eigenvalue weighted by atomic mass is 10.2. The van der Waals surface area contributed by atoms with Crippen LogP contribution in [0.5, 0.6) is 0 Å². The van der Waals surface area contributed by atoms with Crippen LogP contribution < -0.4 is 10.0 Å². The number of thioether (sulfide) groups is 1. The monoisotopic (exact) mass is 432 g/mol. The molecule has 0 bridgehead atoms. The highest BCUT2D eigenvalue weighted by atomic mass is 32.2. The number of benzene rings is 2.